The number of ether oxygens (including phenoxy) is 2. The molecule has 0 spiro atoms. The standard InChI is InChI=1S/C18H23N3O3/c1-21-13-16(12-20-21)15-5-3-4-14(10-15)11-19-17(22)18(23-2)6-8-24-9-7-18/h3-5,10,12-13H,6-9,11H2,1-2H3,(H,19,22). The van der Waals surface area contributed by atoms with Crippen molar-refractivity contribution in [1.82, 2.24) is 15.1 Å². The third-order valence-electron chi connectivity index (χ3n) is 4.52. The van der Waals surface area contributed by atoms with E-state index in [0.29, 0.717) is 32.6 Å². The van der Waals surface area contributed by atoms with Crippen LogP contribution in [0, 0.1) is 0 Å². The molecule has 1 aromatic carbocycles. The molecular weight excluding hydrogens is 306 g/mol. The lowest BCUT2D eigenvalue weighted by Gasteiger charge is -2.34. The first kappa shape index (κ1) is 16.7. The van der Waals surface area contributed by atoms with E-state index in [0.717, 1.165) is 16.7 Å². The van der Waals surface area contributed by atoms with Crippen molar-refractivity contribution in [3.63, 3.8) is 0 Å². The largest absolute Gasteiger partial charge is 0.381 e. The zero-order chi connectivity index (χ0) is 17.0. The van der Waals surface area contributed by atoms with Crippen molar-refractivity contribution >= 4 is 5.91 Å². The van der Waals surface area contributed by atoms with Gasteiger partial charge >= 0.3 is 0 Å². The van der Waals surface area contributed by atoms with Gasteiger partial charge in [0, 0.05) is 58.5 Å². The van der Waals surface area contributed by atoms with Gasteiger partial charge in [-0.3, -0.25) is 9.48 Å². The quantitative estimate of drug-likeness (QED) is 0.910. The first-order chi connectivity index (χ1) is 11.6. The van der Waals surface area contributed by atoms with Crippen LogP contribution in [-0.2, 0) is 27.9 Å². The van der Waals surface area contributed by atoms with Crippen molar-refractivity contribution in [2.24, 2.45) is 7.05 Å². The summed E-state index contributed by atoms with van der Waals surface area (Å²) in [6, 6.07) is 8.10. The Labute approximate surface area is 141 Å². The van der Waals surface area contributed by atoms with Gasteiger partial charge in [0.2, 0.25) is 0 Å². The molecule has 0 bridgehead atoms. The molecule has 0 saturated carbocycles. The highest BCUT2D eigenvalue weighted by atomic mass is 16.5. The molecule has 0 atom stereocenters. The predicted octanol–water partition coefficient (Wildman–Crippen LogP) is 1.90. The lowest BCUT2D eigenvalue weighted by molar-refractivity contribution is -0.155. The Morgan fingerprint density at radius 1 is 1.38 bits per heavy atom. The first-order valence-corrected chi connectivity index (χ1v) is 8.12. The van der Waals surface area contributed by atoms with E-state index in [9.17, 15) is 4.79 Å². The zero-order valence-corrected chi connectivity index (χ0v) is 14.1. The van der Waals surface area contributed by atoms with Crippen LogP contribution in [-0.4, -0.2) is 41.6 Å². The van der Waals surface area contributed by atoms with Gasteiger partial charge in [0.25, 0.3) is 5.91 Å². The molecular formula is C18H23N3O3. The van der Waals surface area contributed by atoms with E-state index in [1.807, 2.05) is 37.6 Å². The molecule has 1 aliphatic rings. The van der Waals surface area contributed by atoms with Crippen LogP contribution in [0.25, 0.3) is 11.1 Å². The van der Waals surface area contributed by atoms with E-state index in [2.05, 4.69) is 16.5 Å². The summed E-state index contributed by atoms with van der Waals surface area (Å²) in [7, 11) is 3.49. The second-order valence-corrected chi connectivity index (χ2v) is 6.10. The van der Waals surface area contributed by atoms with Gasteiger partial charge in [0.15, 0.2) is 5.60 Å². The van der Waals surface area contributed by atoms with Crippen LogP contribution in [0.2, 0.25) is 0 Å². The highest BCUT2D eigenvalue weighted by molar-refractivity contribution is 5.85. The Balaban J connectivity index is 1.67. The molecule has 0 aliphatic carbocycles. The van der Waals surface area contributed by atoms with Crippen molar-refractivity contribution in [2.75, 3.05) is 20.3 Å². The van der Waals surface area contributed by atoms with Crippen LogP contribution in [0.3, 0.4) is 0 Å². The molecule has 2 heterocycles. The molecule has 1 N–H and O–H groups in total. The van der Waals surface area contributed by atoms with Crippen LogP contribution in [0.4, 0.5) is 0 Å². The predicted molar refractivity (Wildman–Crippen MR) is 90.3 cm³/mol. The van der Waals surface area contributed by atoms with Gasteiger partial charge in [-0.1, -0.05) is 18.2 Å². The van der Waals surface area contributed by atoms with E-state index in [1.165, 1.54) is 0 Å². The summed E-state index contributed by atoms with van der Waals surface area (Å²) in [6.07, 6.45) is 4.98. The number of carbonyl (C=O) groups excluding carboxylic acids is 1. The van der Waals surface area contributed by atoms with Crippen molar-refractivity contribution in [3.05, 3.63) is 42.2 Å². The van der Waals surface area contributed by atoms with Crippen molar-refractivity contribution < 1.29 is 14.3 Å². The second-order valence-electron chi connectivity index (χ2n) is 6.10. The smallest absolute Gasteiger partial charge is 0.252 e. The monoisotopic (exact) mass is 329 g/mol. The summed E-state index contributed by atoms with van der Waals surface area (Å²) < 4.78 is 12.6. The summed E-state index contributed by atoms with van der Waals surface area (Å²) in [6.45, 7) is 1.58. The van der Waals surface area contributed by atoms with Crippen LogP contribution in [0.5, 0.6) is 0 Å². The number of nitrogens with zero attached hydrogens (tertiary/aromatic N) is 2. The Morgan fingerprint density at radius 2 is 2.17 bits per heavy atom. The van der Waals surface area contributed by atoms with Gasteiger partial charge < -0.3 is 14.8 Å². The first-order valence-electron chi connectivity index (χ1n) is 8.12. The average molecular weight is 329 g/mol. The second kappa shape index (κ2) is 7.15. The summed E-state index contributed by atoms with van der Waals surface area (Å²) in [5, 5.41) is 7.20. The van der Waals surface area contributed by atoms with Crippen LogP contribution in [0.1, 0.15) is 18.4 Å². The maximum atomic E-state index is 12.6. The molecule has 24 heavy (non-hydrogen) atoms. The lowest BCUT2D eigenvalue weighted by Crippen LogP contribution is -2.51. The molecule has 1 fully saturated rings. The fourth-order valence-corrected chi connectivity index (χ4v) is 3.00. The maximum Gasteiger partial charge on any atom is 0.252 e. The minimum atomic E-state index is -0.765. The zero-order valence-electron chi connectivity index (χ0n) is 14.1. The summed E-state index contributed by atoms with van der Waals surface area (Å²) >= 11 is 0. The molecule has 2 aromatic rings. The Bertz CT molecular complexity index is 705. The van der Waals surface area contributed by atoms with Gasteiger partial charge in [0.1, 0.15) is 0 Å². The highest BCUT2D eigenvalue weighted by Crippen LogP contribution is 2.25. The highest BCUT2D eigenvalue weighted by Gasteiger charge is 2.39. The van der Waals surface area contributed by atoms with Gasteiger partial charge in [-0.25, -0.2) is 0 Å². The van der Waals surface area contributed by atoms with Gasteiger partial charge in [-0.15, -0.1) is 0 Å². The van der Waals surface area contributed by atoms with Gasteiger partial charge in [-0.05, 0) is 17.2 Å². The van der Waals surface area contributed by atoms with Crippen LogP contribution in [0.15, 0.2) is 36.7 Å². The van der Waals surface area contributed by atoms with Crippen molar-refractivity contribution in [2.45, 2.75) is 25.0 Å². The number of nitrogens with one attached hydrogen (secondary N) is 1. The maximum absolute atomic E-state index is 12.6. The van der Waals surface area contributed by atoms with E-state index in [-0.39, 0.29) is 5.91 Å². The number of benzene rings is 1. The summed E-state index contributed by atoms with van der Waals surface area (Å²) in [5.74, 6) is -0.0694. The van der Waals surface area contributed by atoms with Crippen LogP contribution < -0.4 is 5.32 Å². The Hall–Kier alpha value is -2.18. The SMILES string of the molecule is COC1(C(=O)NCc2cccc(-c3cnn(C)c3)c2)CCOCC1. The Morgan fingerprint density at radius 3 is 2.83 bits per heavy atom. The molecule has 1 aromatic heterocycles. The summed E-state index contributed by atoms with van der Waals surface area (Å²) in [4.78, 5) is 12.6. The van der Waals surface area contributed by atoms with E-state index in [1.54, 1.807) is 11.8 Å². The van der Waals surface area contributed by atoms with E-state index >= 15 is 0 Å². The lowest BCUT2D eigenvalue weighted by atomic mass is 9.93. The number of amides is 1. The fourth-order valence-electron chi connectivity index (χ4n) is 3.00. The third kappa shape index (κ3) is 3.49. The molecule has 0 radical (unpaired) electrons. The van der Waals surface area contributed by atoms with Gasteiger partial charge in [0.05, 0.1) is 6.20 Å². The van der Waals surface area contributed by atoms with E-state index in [4.69, 9.17) is 9.47 Å². The third-order valence-corrected chi connectivity index (χ3v) is 4.52. The normalized spacial score (nSPS) is 16.8. The molecule has 6 heteroatoms. The molecule has 0 unspecified atom stereocenters. The molecule has 3 rings (SSSR count). The molecule has 1 amide bonds. The number of hydrogen-bond acceptors (Lipinski definition) is 4. The fraction of sp³-hybridized carbons (Fsp3) is 0.444. The summed E-state index contributed by atoms with van der Waals surface area (Å²) in [5.41, 5.74) is 2.42. The number of aromatic nitrogens is 2. The van der Waals surface area contributed by atoms with Gasteiger partial charge in [-0.2, -0.15) is 5.10 Å². The van der Waals surface area contributed by atoms with E-state index < -0.39 is 5.60 Å². The van der Waals surface area contributed by atoms with Crippen molar-refractivity contribution in [3.8, 4) is 11.1 Å². The number of aryl methyl sites for hydroxylation is 1. The number of methoxy groups -OCH3 is 1. The molecule has 1 aliphatic heterocycles. The average Bonchev–Trinajstić information content (AvgIpc) is 3.07. The van der Waals surface area contributed by atoms with Crippen molar-refractivity contribution in [1.29, 1.82) is 0 Å². The van der Waals surface area contributed by atoms with Crippen LogP contribution >= 0.6 is 0 Å². The molecule has 1 saturated heterocycles. The molecule has 128 valence electrons. The number of carbonyl (C=O) groups is 1. The minimum Gasteiger partial charge on any atom is -0.381 e. The molecule has 6 nitrogen and oxygen atoms in total. The number of rotatable bonds is 5. The topological polar surface area (TPSA) is 65.4 Å². The number of hydrogen-bond donors (Lipinski definition) is 1. The minimum absolute atomic E-state index is 0.0694. The Kier molecular flexibility index (Phi) is 4.97.